The molecule has 1 aromatic heterocycles. The van der Waals surface area contributed by atoms with Crippen molar-refractivity contribution in [2.75, 3.05) is 19.6 Å². The summed E-state index contributed by atoms with van der Waals surface area (Å²) >= 11 is 1.70. The first-order valence-electron chi connectivity index (χ1n) is 7.24. The SMILES string of the molecule is CCc1nc(CCNC(=O)N2CC(NC(C)=O)C2)sc1C. The van der Waals surface area contributed by atoms with Crippen molar-refractivity contribution in [1.29, 1.82) is 0 Å². The third kappa shape index (κ3) is 4.17. The van der Waals surface area contributed by atoms with Gasteiger partial charge >= 0.3 is 6.03 Å². The lowest BCUT2D eigenvalue weighted by Crippen LogP contribution is -2.62. The lowest BCUT2D eigenvalue weighted by molar-refractivity contribution is -0.120. The number of thiazole rings is 1. The minimum atomic E-state index is -0.0689. The van der Waals surface area contributed by atoms with E-state index in [1.54, 1.807) is 16.2 Å². The Morgan fingerprint density at radius 2 is 2.14 bits per heavy atom. The van der Waals surface area contributed by atoms with Crippen molar-refractivity contribution in [2.45, 2.75) is 39.7 Å². The van der Waals surface area contributed by atoms with Crippen molar-refractivity contribution in [2.24, 2.45) is 0 Å². The van der Waals surface area contributed by atoms with Gasteiger partial charge in [0.25, 0.3) is 0 Å². The molecule has 0 aromatic carbocycles. The number of likely N-dealkylation sites (tertiary alicyclic amines) is 1. The van der Waals surface area contributed by atoms with Crippen molar-refractivity contribution in [1.82, 2.24) is 20.5 Å². The number of aryl methyl sites for hydroxylation is 2. The Morgan fingerprint density at radius 1 is 1.43 bits per heavy atom. The summed E-state index contributed by atoms with van der Waals surface area (Å²) in [6.07, 6.45) is 1.72. The van der Waals surface area contributed by atoms with Crippen LogP contribution in [-0.2, 0) is 17.6 Å². The number of urea groups is 1. The van der Waals surface area contributed by atoms with Gasteiger partial charge in [-0.15, -0.1) is 11.3 Å². The molecule has 2 rings (SSSR count). The molecule has 1 aromatic rings. The number of nitrogens with zero attached hydrogens (tertiary/aromatic N) is 2. The fraction of sp³-hybridized carbons (Fsp3) is 0.643. The van der Waals surface area contributed by atoms with E-state index in [0.29, 0.717) is 19.6 Å². The second-order valence-electron chi connectivity index (χ2n) is 5.25. The van der Waals surface area contributed by atoms with E-state index in [1.807, 2.05) is 0 Å². The summed E-state index contributed by atoms with van der Waals surface area (Å²) in [4.78, 5) is 30.2. The van der Waals surface area contributed by atoms with Crippen LogP contribution < -0.4 is 10.6 Å². The normalized spacial score (nSPS) is 14.7. The van der Waals surface area contributed by atoms with E-state index in [0.717, 1.165) is 23.5 Å². The van der Waals surface area contributed by atoms with E-state index in [9.17, 15) is 9.59 Å². The first-order chi connectivity index (χ1) is 9.99. The number of carbonyl (C=O) groups excluding carboxylic acids is 2. The molecule has 0 bridgehead atoms. The van der Waals surface area contributed by atoms with Crippen molar-refractivity contribution in [3.05, 3.63) is 15.6 Å². The number of rotatable bonds is 5. The lowest BCUT2D eigenvalue weighted by atomic mass is 10.1. The van der Waals surface area contributed by atoms with Gasteiger partial charge in [-0.25, -0.2) is 9.78 Å². The maximum Gasteiger partial charge on any atom is 0.317 e. The number of amides is 3. The van der Waals surface area contributed by atoms with Gasteiger partial charge in [0.05, 0.1) is 16.7 Å². The van der Waals surface area contributed by atoms with Gasteiger partial charge in [0.1, 0.15) is 0 Å². The molecule has 0 saturated carbocycles. The van der Waals surface area contributed by atoms with Crippen molar-refractivity contribution in [3.63, 3.8) is 0 Å². The number of hydrogen-bond acceptors (Lipinski definition) is 4. The van der Waals surface area contributed by atoms with E-state index in [1.165, 1.54) is 11.8 Å². The quantitative estimate of drug-likeness (QED) is 0.855. The third-order valence-corrected chi connectivity index (χ3v) is 4.54. The maximum absolute atomic E-state index is 11.9. The summed E-state index contributed by atoms with van der Waals surface area (Å²) in [6, 6.07) is 0.0302. The van der Waals surface area contributed by atoms with Gasteiger partial charge < -0.3 is 15.5 Å². The van der Waals surface area contributed by atoms with Crippen LogP contribution in [-0.4, -0.2) is 47.5 Å². The van der Waals surface area contributed by atoms with Gasteiger partial charge in [-0.2, -0.15) is 0 Å². The summed E-state index contributed by atoms with van der Waals surface area (Å²) in [5, 5.41) is 6.76. The average Bonchev–Trinajstić information content (AvgIpc) is 2.73. The Balaban J connectivity index is 1.67. The molecule has 2 N–H and O–H groups in total. The Kier molecular flexibility index (Phi) is 5.17. The predicted molar refractivity (Wildman–Crippen MR) is 82.5 cm³/mol. The minimum Gasteiger partial charge on any atom is -0.350 e. The monoisotopic (exact) mass is 310 g/mol. The van der Waals surface area contributed by atoms with Crippen LogP contribution in [0, 0.1) is 6.92 Å². The molecule has 3 amide bonds. The third-order valence-electron chi connectivity index (χ3n) is 3.46. The maximum atomic E-state index is 11.9. The van der Waals surface area contributed by atoms with Crippen LogP contribution in [0.4, 0.5) is 4.79 Å². The topological polar surface area (TPSA) is 74.3 Å². The Bertz CT molecular complexity index is 523. The molecule has 0 aliphatic carbocycles. The Hall–Kier alpha value is -1.63. The molecule has 0 radical (unpaired) electrons. The fourth-order valence-corrected chi connectivity index (χ4v) is 3.36. The summed E-state index contributed by atoms with van der Waals surface area (Å²) < 4.78 is 0. The second-order valence-corrected chi connectivity index (χ2v) is 6.54. The molecule has 21 heavy (non-hydrogen) atoms. The van der Waals surface area contributed by atoms with Crippen LogP contribution >= 0.6 is 11.3 Å². The van der Waals surface area contributed by atoms with Gasteiger partial charge in [-0.05, 0) is 13.3 Å². The zero-order valence-corrected chi connectivity index (χ0v) is 13.5. The highest BCUT2D eigenvalue weighted by molar-refractivity contribution is 7.11. The molecule has 1 aliphatic rings. The van der Waals surface area contributed by atoms with Crippen LogP contribution in [0.3, 0.4) is 0 Å². The van der Waals surface area contributed by atoms with Gasteiger partial charge in [0.2, 0.25) is 5.91 Å². The van der Waals surface area contributed by atoms with Gasteiger partial charge in [-0.1, -0.05) is 6.92 Å². The molecule has 1 saturated heterocycles. The standard InChI is InChI=1S/C14H22N4O2S/c1-4-12-9(2)21-13(17-12)5-6-15-14(20)18-7-11(8-18)16-10(3)19/h11H,4-8H2,1-3H3,(H,15,20)(H,16,19). The zero-order valence-electron chi connectivity index (χ0n) is 12.7. The van der Waals surface area contributed by atoms with E-state index in [-0.39, 0.29) is 18.0 Å². The van der Waals surface area contributed by atoms with E-state index in [4.69, 9.17) is 0 Å². The smallest absolute Gasteiger partial charge is 0.317 e. The van der Waals surface area contributed by atoms with Crippen LogP contribution in [0.15, 0.2) is 0 Å². The number of carbonyl (C=O) groups is 2. The highest BCUT2D eigenvalue weighted by Gasteiger charge is 2.30. The highest BCUT2D eigenvalue weighted by atomic mass is 32.1. The predicted octanol–water partition coefficient (Wildman–Crippen LogP) is 1.09. The lowest BCUT2D eigenvalue weighted by Gasteiger charge is -2.39. The van der Waals surface area contributed by atoms with Gasteiger partial charge in [0.15, 0.2) is 0 Å². The fourth-order valence-electron chi connectivity index (χ4n) is 2.33. The molecule has 0 atom stereocenters. The second kappa shape index (κ2) is 6.89. The van der Waals surface area contributed by atoms with Crippen LogP contribution in [0.2, 0.25) is 0 Å². The number of aromatic nitrogens is 1. The molecular formula is C14H22N4O2S. The van der Waals surface area contributed by atoms with Crippen molar-refractivity contribution >= 4 is 23.3 Å². The molecular weight excluding hydrogens is 288 g/mol. The molecule has 1 fully saturated rings. The molecule has 6 nitrogen and oxygen atoms in total. The molecule has 116 valence electrons. The van der Waals surface area contributed by atoms with E-state index < -0.39 is 0 Å². The first-order valence-corrected chi connectivity index (χ1v) is 8.06. The average molecular weight is 310 g/mol. The van der Waals surface area contributed by atoms with Gasteiger partial charge in [-0.3, -0.25) is 4.79 Å². The minimum absolute atomic E-state index is 0.0501. The van der Waals surface area contributed by atoms with Crippen molar-refractivity contribution < 1.29 is 9.59 Å². The largest absolute Gasteiger partial charge is 0.350 e. The summed E-state index contributed by atoms with van der Waals surface area (Å²) in [7, 11) is 0. The first kappa shape index (κ1) is 15.8. The number of hydrogen-bond donors (Lipinski definition) is 2. The Morgan fingerprint density at radius 3 is 2.71 bits per heavy atom. The van der Waals surface area contributed by atoms with Crippen molar-refractivity contribution in [3.8, 4) is 0 Å². The summed E-state index contributed by atoms with van der Waals surface area (Å²) in [5.41, 5.74) is 1.15. The van der Waals surface area contributed by atoms with E-state index in [2.05, 4.69) is 29.5 Å². The zero-order chi connectivity index (χ0) is 15.4. The molecule has 1 aliphatic heterocycles. The van der Waals surface area contributed by atoms with E-state index >= 15 is 0 Å². The molecule has 0 unspecified atom stereocenters. The Labute approximate surface area is 128 Å². The highest BCUT2D eigenvalue weighted by Crippen LogP contribution is 2.18. The summed E-state index contributed by atoms with van der Waals surface area (Å²) in [6.45, 7) is 7.44. The molecule has 0 spiro atoms. The summed E-state index contributed by atoms with van der Waals surface area (Å²) in [5.74, 6) is -0.0501. The molecule has 2 heterocycles. The molecule has 7 heteroatoms. The van der Waals surface area contributed by atoms with Gasteiger partial charge in [0, 0.05) is 37.9 Å². The number of nitrogens with one attached hydrogen (secondary N) is 2. The van der Waals surface area contributed by atoms with Crippen LogP contribution in [0.5, 0.6) is 0 Å². The van der Waals surface area contributed by atoms with Crippen LogP contribution in [0.25, 0.3) is 0 Å². The van der Waals surface area contributed by atoms with Crippen LogP contribution in [0.1, 0.15) is 29.4 Å².